The summed E-state index contributed by atoms with van der Waals surface area (Å²) >= 11 is 1.62. The molecule has 1 aliphatic rings. The van der Waals surface area contributed by atoms with Crippen LogP contribution in [0.5, 0.6) is 0 Å². The Kier molecular flexibility index (Phi) is 7.59. The van der Waals surface area contributed by atoms with E-state index >= 15 is 0 Å². The average molecular weight is 397 g/mol. The van der Waals surface area contributed by atoms with Crippen LogP contribution in [0.3, 0.4) is 0 Å². The summed E-state index contributed by atoms with van der Waals surface area (Å²) in [5.74, 6) is 0.681. The molecule has 2 heterocycles. The monoisotopic (exact) mass is 396 g/mol. The number of carbonyl (C=O) groups is 1. The molecule has 0 bridgehead atoms. The zero-order valence-corrected chi connectivity index (χ0v) is 17.0. The summed E-state index contributed by atoms with van der Waals surface area (Å²) in [7, 11) is 0. The second-order valence-corrected chi connectivity index (χ2v) is 8.16. The molecule has 2 aromatic rings. The maximum atomic E-state index is 13.7. The van der Waals surface area contributed by atoms with E-state index in [0.29, 0.717) is 12.3 Å². The summed E-state index contributed by atoms with van der Waals surface area (Å²) in [6, 6.07) is 7.02. The fourth-order valence-corrected chi connectivity index (χ4v) is 4.45. The van der Waals surface area contributed by atoms with Crippen LogP contribution in [0.25, 0.3) is 0 Å². The van der Waals surface area contributed by atoms with Gasteiger partial charge in [-0.2, -0.15) is 0 Å². The van der Waals surface area contributed by atoms with E-state index in [4.69, 9.17) is 0 Å². The van der Waals surface area contributed by atoms with Gasteiger partial charge >= 0.3 is 0 Å². The van der Waals surface area contributed by atoms with Crippen LogP contribution in [0.4, 0.5) is 4.39 Å². The molecule has 1 saturated heterocycles. The third-order valence-corrected chi connectivity index (χ3v) is 6.13. The minimum atomic E-state index is -0.106. The lowest BCUT2D eigenvalue weighted by Gasteiger charge is -2.32. The predicted octanol–water partition coefficient (Wildman–Crippen LogP) is 4.73. The lowest BCUT2D eigenvalue weighted by Crippen LogP contribution is -2.39. The zero-order valence-electron chi connectivity index (χ0n) is 15.3. The Bertz CT molecular complexity index is 741. The summed E-state index contributed by atoms with van der Waals surface area (Å²) in [5, 5.41) is 1.02. The van der Waals surface area contributed by atoms with Crippen molar-refractivity contribution in [3.63, 3.8) is 0 Å². The summed E-state index contributed by atoms with van der Waals surface area (Å²) in [4.78, 5) is 20.0. The maximum absolute atomic E-state index is 13.7. The van der Waals surface area contributed by atoms with E-state index in [-0.39, 0.29) is 24.1 Å². The van der Waals surface area contributed by atoms with Crippen LogP contribution in [0.1, 0.15) is 40.4 Å². The molecule has 6 heteroatoms. The van der Waals surface area contributed by atoms with Crippen molar-refractivity contribution < 1.29 is 9.18 Å². The smallest absolute Gasteiger partial charge is 0.227 e. The Morgan fingerprint density at radius 3 is 2.58 bits per heavy atom. The first-order chi connectivity index (χ1) is 12.0. The molecule has 1 aromatic heterocycles. The molecule has 0 aliphatic carbocycles. The number of thiazole rings is 1. The van der Waals surface area contributed by atoms with Crippen molar-refractivity contribution in [2.75, 3.05) is 13.1 Å². The van der Waals surface area contributed by atoms with Gasteiger partial charge in [-0.1, -0.05) is 18.2 Å². The van der Waals surface area contributed by atoms with Crippen molar-refractivity contribution in [3.8, 4) is 0 Å². The number of amides is 1. The highest BCUT2D eigenvalue weighted by Gasteiger charge is 2.23. The number of carbonyl (C=O) groups excluding carboxylic acids is 1. The quantitative estimate of drug-likeness (QED) is 0.731. The summed E-state index contributed by atoms with van der Waals surface area (Å²) < 4.78 is 13.7. The highest BCUT2D eigenvalue weighted by molar-refractivity contribution is 7.11. The molecule has 142 valence electrons. The van der Waals surface area contributed by atoms with Gasteiger partial charge in [0.05, 0.1) is 17.1 Å². The first kappa shape index (κ1) is 20.8. The summed E-state index contributed by atoms with van der Waals surface area (Å²) in [6.45, 7) is 5.59. The molecule has 3 nitrogen and oxygen atoms in total. The topological polar surface area (TPSA) is 33.2 Å². The number of benzene rings is 1. The van der Waals surface area contributed by atoms with Crippen LogP contribution in [0.2, 0.25) is 0 Å². The maximum Gasteiger partial charge on any atom is 0.227 e. The van der Waals surface area contributed by atoms with Crippen LogP contribution < -0.4 is 0 Å². The van der Waals surface area contributed by atoms with Crippen molar-refractivity contribution in [1.29, 1.82) is 0 Å². The van der Waals surface area contributed by atoms with Crippen LogP contribution in [-0.2, 0) is 17.6 Å². The van der Waals surface area contributed by atoms with Gasteiger partial charge in [0.15, 0.2) is 0 Å². The van der Waals surface area contributed by atoms with Gasteiger partial charge in [0.1, 0.15) is 5.82 Å². The van der Waals surface area contributed by atoms with E-state index in [0.717, 1.165) is 59.9 Å². The Hall–Kier alpha value is -1.46. The Morgan fingerprint density at radius 2 is 1.96 bits per heavy atom. The molecule has 0 radical (unpaired) electrons. The van der Waals surface area contributed by atoms with E-state index in [1.165, 1.54) is 6.07 Å². The van der Waals surface area contributed by atoms with Gasteiger partial charge in [-0.3, -0.25) is 4.79 Å². The van der Waals surface area contributed by atoms with Gasteiger partial charge in [-0.15, -0.1) is 23.7 Å². The fraction of sp³-hybridized carbons (Fsp3) is 0.500. The van der Waals surface area contributed by atoms with E-state index < -0.39 is 0 Å². The van der Waals surface area contributed by atoms with Gasteiger partial charge in [-0.25, -0.2) is 9.37 Å². The van der Waals surface area contributed by atoms with E-state index in [9.17, 15) is 9.18 Å². The highest BCUT2D eigenvalue weighted by Crippen LogP contribution is 2.25. The number of halogens is 2. The molecule has 26 heavy (non-hydrogen) atoms. The van der Waals surface area contributed by atoms with Crippen molar-refractivity contribution >= 4 is 29.7 Å². The van der Waals surface area contributed by atoms with Crippen molar-refractivity contribution in [2.24, 2.45) is 5.92 Å². The summed E-state index contributed by atoms with van der Waals surface area (Å²) in [5.41, 5.74) is 1.78. The molecule has 1 aromatic carbocycles. The number of nitrogens with zero attached hydrogens (tertiary/aromatic N) is 2. The molecule has 1 fully saturated rings. The van der Waals surface area contributed by atoms with Gasteiger partial charge in [-0.05, 0) is 57.1 Å². The molecular formula is C20H26ClFN2OS. The SMILES string of the molecule is Cc1nc(C)c(CC(=O)N2CCC(CCc3ccccc3F)CC2)s1.Cl. The number of rotatable bonds is 5. The molecule has 0 N–H and O–H groups in total. The number of hydrogen-bond donors (Lipinski definition) is 0. The van der Waals surface area contributed by atoms with Gasteiger partial charge in [0, 0.05) is 18.0 Å². The molecule has 0 atom stereocenters. The second kappa shape index (κ2) is 9.47. The van der Waals surface area contributed by atoms with E-state index in [1.807, 2.05) is 30.9 Å². The minimum absolute atomic E-state index is 0. The molecule has 0 unspecified atom stereocenters. The highest BCUT2D eigenvalue weighted by atomic mass is 35.5. The number of piperidine rings is 1. The number of likely N-dealkylation sites (tertiary alicyclic amines) is 1. The van der Waals surface area contributed by atoms with Crippen molar-refractivity contribution in [1.82, 2.24) is 9.88 Å². The molecule has 0 saturated carbocycles. The largest absolute Gasteiger partial charge is 0.342 e. The lowest BCUT2D eigenvalue weighted by molar-refractivity contribution is -0.131. The second-order valence-electron chi connectivity index (χ2n) is 6.87. The molecule has 1 amide bonds. The van der Waals surface area contributed by atoms with Crippen LogP contribution in [-0.4, -0.2) is 28.9 Å². The van der Waals surface area contributed by atoms with Gasteiger partial charge in [0.2, 0.25) is 5.91 Å². The summed E-state index contributed by atoms with van der Waals surface area (Å²) in [6.07, 6.45) is 4.28. The zero-order chi connectivity index (χ0) is 17.8. The molecule has 3 rings (SSSR count). The van der Waals surface area contributed by atoms with Crippen LogP contribution in [0, 0.1) is 25.6 Å². The van der Waals surface area contributed by atoms with Crippen LogP contribution in [0.15, 0.2) is 24.3 Å². The number of hydrogen-bond acceptors (Lipinski definition) is 3. The van der Waals surface area contributed by atoms with Crippen molar-refractivity contribution in [2.45, 2.75) is 46.0 Å². The predicted molar refractivity (Wildman–Crippen MR) is 107 cm³/mol. The number of aromatic nitrogens is 1. The third kappa shape index (κ3) is 5.27. The fourth-order valence-electron chi connectivity index (χ4n) is 3.52. The van der Waals surface area contributed by atoms with E-state index in [1.54, 1.807) is 17.4 Å². The standard InChI is InChI=1S/C20H25FN2OS.ClH/c1-14-19(25-15(2)22-14)13-20(24)23-11-9-16(10-12-23)7-8-17-5-3-4-6-18(17)21;/h3-6,16H,7-13H2,1-2H3;1H. The van der Waals surface area contributed by atoms with E-state index in [2.05, 4.69) is 4.98 Å². The molecular weight excluding hydrogens is 371 g/mol. The number of aryl methyl sites for hydroxylation is 3. The minimum Gasteiger partial charge on any atom is -0.342 e. The van der Waals surface area contributed by atoms with Crippen molar-refractivity contribution in [3.05, 3.63) is 51.2 Å². The first-order valence-electron chi connectivity index (χ1n) is 8.97. The first-order valence-corrected chi connectivity index (χ1v) is 9.78. The van der Waals surface area contributed by atoms with Gasteiger partial charge < -0.3 is 4.90 Å². The Balaban J connectivity index is 0.00000243. The normalized spacial score (nSPS) is 15.0. The third-order valence-electron chi connectivity index (χ3n) is 5.06. The Labute approximate surface area is 165 Å². The molecule has 0 spiro atoms. The average Bonchev–Trinajstić information content (AvgIpc) is 2.92. The van der Waals surface area contributed by atoms with Gasteiger partial charge in [0.25, 0.3) is 0 Å². The Morgan fingerprint density at radius 1 is 1.27 bits per heavy atom. The molecule has 1 aliphatic heterocycles. The van der Waals surface area contributed by atoms with Crippen LogP contribution >= 0.6 is 23.7 Å². The lowest BCUT2D eigenvalue weighted by atomic mass is 9.90.